The lowest BCUT2D eigenvalue weighted by molar-refractivity contribution is 0.379. The molecule has 0 radical (unpaired) electrons. The summed E-state index contributed by atoms with van der Waals surface area (Å²) in [6.07, 6.45) is 9.04. The molecule has 0 spiro atoms. The molecule has 1 aliphatic carbocycles. The van der Waals surface area contributed by atoms with Crippen LogP contribution in [0.25, 0.3) is 0 Å². The third-order valence-electron chi connectivity index (χ3n) is 4.72. The zero-order valence-electron chi connectivity index (χ0n) is 12.8. The van der Waals surface area contributed by atoms with Gasteiger partial charge < -0.3 is 9.88 Å². The maximum Gasteiger partial charge on any atom is 0.120 e. The molecule has 1 heterocycles. The normalized spacial score (nSPS) is 17.9. The monoisotopic (exact) mass is 291 g/mol. The van der Waals surface area contributed by atoms with E-state index in [1.165, 1.54) is 43.4 Å². The molecule has 2 rings (SSSR count). The molecule has 1 saturated carbocycles. The molecule has 4 heteroatoms. The first-order chi connectivity index (χ1) is 9.62. The SMILES string of the molecule is CSC1(CNCc2cc(C#N)n(C)c2C)CCCCC1. The first-order valence-corrected chi connectivity index (χ1v) is 8.65. The number of hydrogen-bond acceptors (Lipinski definition) is 3. The number of thioether (sulfide) groups is 1. The Morgan fingerprint density at radius 3 is 2.65 bits per heavy atom. The molecule has 0 bridgehead atoms. The Bertz CT molecular complexity index is 493. The number of rotatable bonds is 5. The number of aromatic nitrogens is 1. The van der Waals surface area contributed by atoms with Gasteiger partial charge in [0, 0.05) is 30.6 Å². The van der Waals surface area contributed by atoms with Crippen LogP contribution < -0.4 is 5.32 Å². The largest absolute Gasteiger partial charge is 0.340 e. The second-order valence-electron chi connectivity index (χ2n) is 5.86. The lowest BCUT2D eigenvalue weighted by Gasteiger charge is -2.36. The highest BCUT2D eigenvalue weighted by atomic mass is 32.2. The van der Waals surface area contributed by atoms with Gasteiger partial charge in [-0.15, -0.1) is 0 Å². The van der Waals surface area contributed by atoms with Crippen LogP contribution in [0.2, 0.25) is 0 Å². The Morgan fingerprint density at radius 2 is 2.10 bits per heavy atom. The summed E-state index contributed by atoms with van der Waals surface area (Å²) in [5.41, 5.74) is 3.18. The average molecular weight is 291 g/mol. The van der Waals surface area contributed by atoms with Crippen LogP contribution >= 0.6 is 11.8 Å². The second-order valence-corrected chi connectivity index (χ2v) is 7.14. The van der Waals surface area contributed by atoms with Gasteiger partial charge in [0.25, 0.3) is 0 Å². The summed E-state index contributed by atoms with van der Waals surface area (Å²) in [5.74, 6) is 0. The van der Waals surface area contributed by atoms with Crippen molar-refractivity contribution >= 4 is 11.8 Å². The van der Waals surface area contributed by atoms with Crippen molar-refractivity contribution in [2.75, 3.05) is 12.8 Å². The van der Waals surface area contributed by atoms with E-state index in [0.717, 1.165) is 18.8 Å². The van der Waals surface area contributed by atoms with Crippen LogP contribution in [0.5, 0.6) is 0 Å². The van der Waals surface area contributed by atoms with Gasteiger partial charge >= 0.3 is 0 Å². The zero-order valence-corrected chi connectivity index (χ0v) is 13.6. The van der Waals surface area contributed by atoms with Crippen LogP contribution in [0.15, 0.2) is 6.07 Å². The molecule has 20 heavy (non-hydrogen) atoms. The Kier molecular flexibility index (Phi) is 5.17. The lowest BCUT2D eigenvalue weighted by Crippen LogP contribution is -2.39. The molecular weight excluding hydrogens is 266 g/mol. The van der Waals surface area contributed by atoms with Gasteiger partial charge in [0.2, 0.25) is 0 Å². The predicted molar refractivity (Wildman–Crippen MR) is 85.9 cm³/mol. The summed E-state index contributed by atoms with van der Waals surface area (Å²) in [4.78, 5) is 0. The smallest absolute Gasteiger partial charge is 0.120 e. The summed E-state index contributed by atoms with van der Waals surface area (Å²) in [7, 11) is 1.96. The van der Waals surface area contributed by atoms with Gasteiger partial charge in [0.1, 0.15) is 11.8 Å². The van der Waals surface area contributed by atoms with Crippen LogP contribution in [0.3, 0.4) is 0 Å². The first kappa shape index (κ1) is 15.5. The van der Waals surface area contributed by atoms with E-state index >= 15 is 0 Å². The van der Waals surface area contributed by atoms with E-state index in [0.29, 0.717) is 4.75 Å². The molecule has 0 aromatic carbocycles. The molecule has 0 atom stereocenters. The summed E-state index contributed by atoms with van der Waals surface area (Å²) < 4.78 is 2.40. The highest BCUT2D eigenvalue weighted by molar-refractivity contribution is 8.00. The minimum Gasteiger partial charge on any atom is -0.340 e. The molecule has 1 fully saturated rings. The van der Waals surface area contributed by atoms with Crippen LogP contribution in [-0.2, 0) is 13.6 Å². The Labute approximate surface area is 126 Å². The molecule has 3 nitrogen and oxygen atoms in total. The molecule has 1 aliphatic rings. The Morgan fingerprint density at radius 1 is 1.40 bits per heavy atom. The number of nitrogens with one attached hydrogen (secondary N) is 1. The van der Waals surface area contributed by atoms with Gasteiger partial charge in [-0.1, -0.05) is 19.3 Å². The van der Waals surface area contributed by atoms with E-state index < -0.39 is 0 Å². The topological polar surface area (TPSA) is 40.8 Å². The average Bonchev–Trinajstić information content (AvgIpc) is 2.76. The van der Waals surface area contributed by atoms with Crippen molar-refractivity contribution in [3.63, 3.8) is 0 Å². The van der Waals surface area contributed by atoms with Gasteiger partial charge in [0.05, 0.1) is 0 Å². The highest BCUT2D eigenvalue weighted by Crippen LogP contribution is 2.38. The number of nitriles is 1. The fourth-order valence-electron chi connectivity index (χ4n) is 3.12. The van der Waals surface area contributed by atoms with E-state index in [1.54, 1.807) is 0 Å². The van der Waals surface area contributed by atoms with Gasteiger partial charge in [-0.25, -0.2) is 0 Å². The van der Waals surface area contributed by atoms with Crippen molar-refractivity contribution in [2.24, 2.45) is 7.05 Å². The second kappa shape index (κ2) is 6.69. The van der Waals surface area contributed by atoms with E-state index in [-0.39, 0.29) is 0 Å². The maximum atomic E-state index is 9.07. The quantitative estimate of drug-likeness (QED) is 0.904. The molecule has 1 N–H and O–H groups in total. The van der Waals surface area contributed by atoms with Crippen LogP contribution in [0.1, 0.15) is 49.1 Å². The molecule has 1 aromatic rings. The zero-order chi connectivity index (χ0) is 14.6. The third kappa shape index (κ3) is 3.21. The van der Waals surface area contributed by atoms with Crippen molar-refractivity contribution in [2.45, 2.75) is 50.3 Å². The predicted octanol–water partition coefficient (Wildman–Crippen LogP) is 3.36. The van der Waals surface area contributed by atoms with E-state index in [1.807, 2.05) is 29.4 Å². The number of hydrogen-bond donors (Lipinski definition) is 1. The summed E-state index contributed by atoms with van der Waals surface area (Å²) >= 11 is 2.03. The minimum atomic E-state index is 0.430. The van der Waals surface area contributed by atoms with Gasteiger partial charge in [-0.2, -0.15) is 17.0 Å². The van der Waals surface area contributed by atoms with Crippen LogP contribution in [0.4, 0.5) is 0 Å². The molecule has 0 amide bonds. The minimum absolute atomic E-state index is 0.430. The van der Waals surface area contributed by atoms with Gasteiger partial charge in [-0.05, 0) is 37.7 Å². The molecule has 0 aliphatic heterocycles. The molecule has 0 saturated heterocycles. The lowest BCUT2D eigenvalue weighted by atomic mass is 9.88. The molecule has 110 valence electrons. The molecule has 1 aromatic heterocycles. The van der Waals surface area contributed by atoms with E-state index in [9.17, 15) is 0 Å². The fourth-order valence-corrected chi connectivity index (χ4v) is 4.07. The highest BCUT2D eigenvalue weighted by Gasteiger charge is 2.30. The van der Waals surface area contributed by atoms with Crippen molar-refractivity contribution in [1.82, 2.24) is 9.88 Å². The summed E-state index contributed by atoms with van der Waals surface area (Å²) in [6, 6.07) is 4.25. The van der Waals surface area contributed by atoms with Crippen molar-refractivity contribution in [3.8, 4) is 6.07 Å². The fraction of sp³-hybridized carbons (Fsp3) is 0.688. The summed E-state index contributed by atoms with van der Waals surface area (Å²) in [6.45, 7) is 4.02. The first-order valence-electron chi connectivity index (χ1n) is 7.43. The summed E-state index contributed by atoms with van der Waals surface area (Å²) in [5, 5.41) is 12.7. The van der Waals surface area contributed by atoms with Crippen molar-refractivity contribution < 1.29 is 0 Å². The third-order valence-corrected chi connectivity index (χ3v) is 6.13. The maximum absolute atomic E-state index is 9.07. The van der Waals surface area contributed by atoms with Crippen LogP contribution in [-0.4, -0.2) is 22.1 Å². The van der Waals surface area contributed by atoms with Crippen molar-refractivity contribution in [1.29, 1.82) is 5.26 Å². The number of nitrogens with zero attached hydrogens (tertiary/aromatic N) is 2. The molecule has 0 unspecified atom stereocenters. The Hall–Kier alpha value is -0.920. The van der Waals surface area contributed by atoms with Crippen LogP contribution in [0, 0.1) is 18.3 Å². The van der Waals surface area contributed by atoms with E-state index in [2.05, 4.69) is 24.6 Å². The Balaban J connectivity index is 1.94. The van der Waals surface area contributed by atoms with Gasteiger partial charge in [0.15, 0.2) is 0 Å². The standard InChI is InChI=1S/C16H25N3S/c1-13-14(9-15(10-17)19(13)2)11-18-12-16(20-3)7-5-4-6-8-16/h9,18H,4-8,11-12H2,1-3H3. The van der Waals surface area contributed by atoms with Crippen molar-refractivity contribution in [3.05, 3.63) is 23.0 Å². The molecular formula is C16H25N3S. The van der Waals surface area contributed by atoms with Gasteiger partial charge in [-0.3, -0.25) is 0 Å². The van der Waals surface area contributed by atoms with E-state index in [4.69, 9.17) is 5.26 Å².